The standard InChI is InChI=1S/C68H64N2O2/c1-39(2)53-37-59(69(43-29-25-41(5)26-30-43)57-23-15-19-49-47-17-13-21-55(67(7,8)9)63(47)71-65(49)57)51-36-34-46-54(40(3)4)38-60(52-35-33-45(53)61(51)62(46)52)70(44-31-27-42(6)28-32-44)58-24-16-20-50-48-18-14-22-56(68(10,11)12)64(48)72-66(50)58/h13-40H,1-12H3. The molecule has 0 radical (unpaired) electrons. The average molecular weight is 941 g/mol. The lowest BCUT2D eigenvalue weighted by atomic mass is 9.84. The van der Waals surface area contributed by atoms with E-state index in [-0.39, 0.29) is 22.7 Å². The number of benzene rings is 10. The monoisotopic (exact) mass is 940 g/mol. The number of furan rings is 2. The molecule has 0 atom stereocenters. The molecular weight excluding hydrogens is 877 g/mol. The summed E-state index contributed by atoms with van der Waals surface area (Å²) in [7, 11) is 0. The zero-order chi connectivity index (χ0) is 50.1. The van der Waals surface area contributed by atoms with Crippen molar-refractivity contribution in [2.45, 2.75) is 106 Å². The van der Waals surface area contributed by atoms with Crippen LogP contribution in [-0.4, -0.2) is 0 Å². The predicted molar refractivity (Wildman–Crippen MR) is 309 cm³/mol. The summed E-state index contributed by atoms with van der Waals surface area (Å²) in [4.78, 5) is 4.94. The van der Waals surface area contributed by atoms with E-state index >= 15 is 0 Å². The fourth-order valence-electron chi connectivity index (χ4n) is 11.7. The second-order valence-electron chi connectivity index (χ2n) is 23.1. The van der Waals surface area contributed by atoms with Gasteiger partial charge in [0.1, 0.15) is 11.2 Å². The minimum atomic E-state index is -0.0977. The van der Waals surface area contributed by atoms with E-state index in [9.17, 15) is 0 Å². The first-order valence-electron chi connectivity index (χ1n) is 25.9. The van der Waals surface area contributed by atoms with Crippen molar-refractivity contribution in [3.05, 3.63) is 191 Å². The molecule has 2 heterocycles. The van der Waals surface area contributed by atoms with Crippen molar-refractivity contribution in [1.82, 2.24) is 0 Å². The molecule has 358 valence electrons. The fourth-order valence-corrected chi connectivity index (χ4v) is 11.7. The third-order valence-electron chi connectivity index (χ3n) is 15.3. The van der Waals surface area contributed by atoms with E-state index in [4.69, 9.17) is 8.83 Å². The van der Waals surface area contributed by atoms with E-state index in [1.165, 1.54) is 65.7 Å². The summed E-state index contributed by atoms with van der Waals surface area (Å²) < 4.78 is 14.4. The van der Waals surface area contributed by atoms with Crippen LogP contribution >= 0.6 is 0 Å². The molecule has 12 aromatic rings. The van der Waals surface area contributed by atoms with Crippen LogP contribution in [0, 0.1) is 13.8 Å². The van der Waals surface area contributed by atoms with Gasteiger partial charge in [-0.05, 0) is 118 Å². The Morgan fingerprint density at radius 2 is 0.681 bits per heavy atom. The van der Waals surface area contributed by atoms with Gasteiger partial charge in [-0.3, -0.25) is 0 Å². The number of rotatable bonds is 8. The lowest BCUT2D eigenvalue weighted by Gasteiger charge is -2.31. The Labute approximate surface area is 423 Å². The summed E-state index contributed by atoms with van der Waals surface area (Å²) in [5, 5.41) is 12.0. The lowest BCUT2D eigenvalue weighted by Crippen LogP contribution is -2.13. The van der Waals surface area contributed by atoms with Crippen LogP contribution in [0.4, 0.5) is 34.1 Å². The zero-order valence-corrected chi connectivity index (χ0v) is 43.9. The molecule has 0 bridgehead atoms. The maximum atomic E-state index is 7.19. The molecule has 0 aliphatic heterocycles. The van der Waals surface area contributed by atoms with Gasteiger partial charge >= 0.3 is 0 Å². The maximum Gasteiger partial charge on any atom is 0.159 e. The molecule has 0 fully saturated rings. The third-order valence-corrected chi connectivity index (χ3v) is 15.3. The van der Waals surface area contributed by atoms with Gasteiger partial charge in [0.05, 0.1) is 22.7 Å². The number of anilines is 6. The highest BCUT2D eigenvalue weighted by Crippen LogP contribution is 2.53. The summed E-state index contributed by atoms with van der Waals surface area (Å²) in [5.41, 5.74) is 17.4. The Kier molecular flexibility index (Phi) is 10.4. The van der Waals surface area contributed by atoms with Crippen molar-refractivity contribution in [3.63, 3.8) is 0 Å². The van der Waals surface area contributed by atoms with Gasteiger partial charge in [-0.2, -0.15) is 0 Å². The molecule has 0 saturated heterocycles. The Morgan fingerprint density at radius 3 is 1.03 bits per heavy atom. The first kappa shape index (κ1) is 45.6. The van der Waals surface area contributed by atoms with E-state index < -0.39 is 0 Å². The van der Waals surface area contributed by atoms with Crippen LogP contribution in [0.2, 0.25) is 0 Å². The maximum absolute atomic E-state index is 7.19. The summed E-state index contributed by atoms with van der Waals surface area (Å²) in [6, 6.07) is 59.0. The Hall–Kier alpha value is -7.56. The summed E-state index contributed by atoms with van der Waals surface area (Å²) in [6.07, 6.45) is 0. The van der Waals surface area contributed by atoms with Crippen LogP contribution in [0.25, 0.3) is 76.2 Å². The molecule has 0 amide bonds. The molecule has 0 saturated carbocycles. The first-order valence-corrected chi connectivity index (χ1v) is 25.9. The molecule has 0 N–H and O–H groups in total. The van der Waals surface area contributed by atoms with Crippen LogP contribution < -0.4 is 9.80 Å². The topological polar surface area (TPSA) is 32.8 Å². The first-order chi connectivity index (χ1) is 34.5. The van der Waals surface area contributed by atoms with E-state index in [1.807, 2.05) is 0 Å². The van der Waals surface area contributed by atoms with E-state index in [1.54, 1.807) is 0 Å². The molecule has 0 aliphatic rings. The van der Waals surface area contributed by atoms with Crippen LogP contribution in [0.1, 0.15) is 114 Å². The molecule has 12 rings (SSSR count). The van der Waals surface area contributed by atoms with Crippen molar-refractivity contribution in [3.8, 4) is 0 Å². The highest BCUT2D eigenvalue weighted by Gasteiger charge is 2.30. The summed E-state index contributed by atoms with van der Waals surface area (Å²) in [5.74, 6) is 0.475. The van der Waals surface area contributed by atoms with Crippen molar-refractivity contribution < 1.29 is 8.83 Å². The smallest absolute Gasteiger partial charge is 0.159 e. The van der Waals surface area contributed by atoms with Crippen LogP contribution in [-0.2, 0) is 10.8 Å². The third kappa shape index (κ3) is 7.08. The Balaban J connectivity index is 1.19. The minimum Gasteiger partial charge on any atom is -0.454 e. The Morgan fingerprint density at radius 1 is 0.347 bits per heavy atom. The quantitative estimate of drug-likeness (QED) is 0.142. The second-order valence-corrected chi connectivity index (χ2v) is 23.1. The highest BCUT2D eigenvalue weighted by molar-refractivity contribution is 6.30. The van der Waals surface area contributed by atoms with Gasteiger partial charge in [-0.25, -0.2) is 0 Å². The van der Waals surface area contributed by atoms with Crippen LogP contribution in [0.3, 0.4) is 0 Å². The number of hydrogen-bond donors (Lipinski definition) is 0. The summed E-state index contributed by atoms with van der Waals surface area (Å²) in [6.45, 7) is 27.3. The molecular formula is C68H64N2O2. The molecule has 0 spiro atoms. The van der Waals surface area contributed by atoms with E-state index in [0.29, 0.717) is 0 Å². The molecule has 2 aromatic heterocycles. The van der Waals surface area contributed by atoms with Gasteiger partial charge < -0.3 is 18.6 Å². The molecule has 10 aromatic carbocycles. The molecule has 0 unspecified atom stereocenters. The molecule has 0 aliphatic carbocycles. The lowest BCUT2D eigenvalue weighted by molar-refractivity contribution is 0.572. The number of aryl methyl sites for hydroxylation is 2. The minimum absolute atomic E-state index is 0.0977. The molecule has 4 nitrogen and oxygen atoms in total. The highest BCUT2D eigenvalue weighted by atomic mass is 16.3. The second kappa shape index (κ2) is 16.5. The van der Waals surface area contributed by atoms with Gasteiger partial charge in [0.15, 0.2) is 11.2 Å². The normalized spacial score (nSPS) is 12.7. The van der Waals surface area contributed by atoms with Crippen molar-refractivity contribution >= 4 is 110 Å². The van der Waals surface area contributed by atoms with Gasteiger partial charge in [0, 0.05) is 54.8 Å². The number of para-hydroxylation sites is 4. The predicted octanol–water partition coefficient (Wildman–Crippen LogP) is 20.8. The SMILES string of the molecule is Cc1ccc(N(c2cc(C(C)C)c3ccc4c(N(c5ccc(C)cc5)c5cccc6c5oc5c(C(C)(C)C)cccc56)cc(C(C)C)c5ccc2c3c54)c2cccc3c2oc2c(C(C)(C)C)cccc23)cc1. The van der Waals surface area contributed by atoms with Crippen molar-refractivity contribution in [2.75, 3.05) is 9.80 Å². The number of nitrogens with zero attached hydrogens (tertiary/aromatic N) is 2. The number of hydrogen-bond acceptors (Lipinski definition) is 4. The summed E-state index contributed by atoms with van der Waals surface area (Å²) >= 11 is 0. The number of fused-ring (bicyclic) bond motifs is 6. The van der Waals surface area contributed by atoms with Gasteiger partial charge in [0.25, 0.3) is 0 Å². The van der Waals surface area contributed by atoms with Crippen molar-refractivity contribution in [2.24, 2.45) is 0 Å². The van der Waals surface area contributed by atoms with E-state index in [0.717, 1.165) is 78.0 Å². The van der Waals surface area contributed by atoms with E-state index in [2.05, 4.69) is 251 Å². The molecule has 4 heteroatoms. The average Bonchev–Trinajstić information content (AvgIpc) is 3.94. The van der Waals surface area contributed by atoms with Crippen LogP contribution in [0.5, 0.6) is 0 Å². The van der Waals surface area contributed by atoms with Gasteiger partial charge in [0.2, 0.25) is 0 Å². The van der Waals surface area contributed by atoms with Crippen LogP contribution in [0.15, 0.2) is 167 Å². The molecule has 72 heavy (non-hydrogen) atoms. The van der Waals surface area contributed by atoms with Gasteiger partial charge in [-0.15, -0.1) is 0 Å². The van der Waals surface area contributed by atoms with Crippen molar-refractivity contribution in [1.29, 1.82) is 0 Å². The van der Waals surface area contributed by atoms with Gasteiger partial charge in [-0.1, -0.05) is 190 Å². The largest absolute Gasteiger partial charge is 0.454 e. The fraction of sp³-hybridized carbons (Fsp3) is 0.235. The zero-order valence-electron chi connectivity index (χ0n) is 43.9. The Bertz CT molecular complexity index is 3810.